The van der Waals surface area contributed by atoms with Gasteiger partial charge in [0.15, 0.2) is 0 Å². The molecule has 2 N–H and O–H groups in total. The van der Waals surface area contributed by atoms with Gasteiger partial charge in [-0.15, -0.1) is 0 Å². The molecular weight excluding hydrogens is 316 g/mol. The van der Waals surface area contributed by atoms with Gasteiger partial charge in [0.25, 0.3) is 0 Å². The smallest absolute Gasteiger partial charge is 0.443 e. The first kappa shape index (κ1) is 15.1. The van der Waals surface area contributed by atoms with E-state index < -0.39 is 16.8 Å². The van der Waals surface area contributed by atoms with Crippen molar-refractivity contribution in [3.05, 3.63) is 57.4 Å². The van der Waals surface area contributed by atoms with E-state index in [-0.39, 0.29) is 11.5 Å². The summed E-state index contributed by atoms with van der Waals surface area (Å²) in [6.45, 7) is 1.59. The van der Waals surface area contributed by atoms with Crippen LogP contribution in [0.5, 0.6) is 0 Å². The highest BCUT2D eigenvalue weighted by atomic mass is 16.6. The van der Waals surface area contributed by atoms with Crippen LogP contribution < -0.4 is 5.73 Å². The molecule has 0 aliphatic carbocycles. The summed E-state index contributed by atoms with van der Waals surface area (Å²) in [6, 6.07) is 5.43. The van der Waals surface area contributed by atoms with Crippen LogP contribution in [0.2, 0.25) is 0 Å². The van der Waals surface area contributed by atoms with E-state index in [2.05, 4.69) is 20.4 Å². The molecule has 0 unspecified atom stereocenters. The van der Waals surface area contributed by atoms with E-state index in [1.54, 1.807) is 31.5 Å². The van der Waals surface area contributed by atoms with Crippen molar-refractivity contribution in [3.8, 4) is 6.07 Å². The number of nitrogens with zero attached hydrogens (tertiary/aromatic N) is 7. The zero-order valence-electron chi connectivity index (χ0n) is 12.3. The van der Waals surface area contributed by atoms with Gasteiger partial charge in [-0.3, -0.25) is 4.98 Å². The van der Waals surface area contributed by atoms with Crippen molar-refractivity contribution in [2.24, 2.45) is 5.73 Å². The number of nitrogens with two attached hydrogens (primary N) is 1. The summed E-state index contributed by atoms with van der Waals surface area (Å²) in [4.78, 5) is 15.0. The summed E-state index contributed by atoms with van der Waals surface area (Å²) in [6.07, 6.45) is 3.13. The summed E-state index contributed by atoms with van der Waals surface area (Å²) in [5.41, 5.74) is 6.87. The number of hydrogen-bond acceptors (Lipinski definition) is 9. The summed E-state index contributed by atoms with van der Waals surface area (Å²) >= 11 is 0. The summed E-state index contributed by atoms with van der Waals surface area (Å²) in [7, 11) is 0. The van der Waals surface area contributed by atoms with Crippen LogP contribution in [0, 0.1) is 21.4 Å². The van der Waals surface area contributed by atoms with E-state index in [4.69, 9.17) is 10.5 Å². The predicted octanol–water partition coefficient (Wildman–Crippen LogP) is 0.673. The second-order valence-electron chi connectivity index (χ2n) is 4.79. The number of ether oxygens (including phenoxy) is 1. The lowest BCUT2D eigenvalue weighted by molar-refractivity contribution is -0.394. The van der Waals surface area contributed by atoms with Gasteiger partial charge in [0.1, 0.15) is 23.1 Å². The number of allylic oxidation sites excluding steroid dienone is 3. The minimum absolute atomic E-state index is 0.0535. The lowest BCUT2D eigenvalue weighted by Crippen LogP contribution is -2.23. The van der Waals surface area contributed by atoms with E-state index in [0.29, 0.717) is 17.0 Å². The minimum atomic E-state index is -0.766. The maximum absolute atomic E-state index is 10.8. The molecule has 1 aliphatic rings. The number of nitro groups is 1. The molecule has 1 aliphatic heterocycles. The van der Waals surface area contributed by atoms with Gasteiger partial charge in [-0.25, -0.2) is 0 Å². The fourth-order valence-electron chi connectivity index (χ4n) is 2.38. The Labute approximate surface area is 134 Å². The first-order valence-electron chi connectivity index (χ1n) is 6.66. The van der Waals surface area contributed by atoms with E-state index in [9.17, 15) is 15.4 Å². The van der Waals surface area contributed by atoms with Crippen molar-refractivity contribution in [2.75, 3.05) is 0 Å². The topological polar surface area (TPSA) is 159 Å². The van der Waals surface area contributed by atoms with E-state index in [1.807, 2.05) is 6.07 Å². The van der Waals surface area contributed by atoms with E-state index in [0.717, 1.165) is 4.80 Å². The van der Waals surface area contributed by atoms with Crippen molar-refractivity contribution in [1.29, 1.82) is 5.26 Å². The lowest BCUT2D eigenvalue weighted by atomic mass is 9.88. The molecule has 0 saturated carbocycles. The Kier molecular flexibility index (Phi) is 3.63. The third-order valence-electron chi connectivity index (χ3n) is 3.37. The average Bonchev–Trinajstić information content (AvgIpc) is 3.05. The second-order valence-corrected chi connectivity index (χ2v) is 4.79. The molecule has 3 heterocycles. The normalized spacial score (nSPS) is 17.4. The molecule has 3 rings (SSSR count). The van der Waals surface area contributed by atoms with Crippen LogP contribution in [0.25, 0.3) is 5.70 Å². The van der Waals surface area contributed by atoms with Crippen molar-refractivity contribution >= 4 is 11.6 Å². The second kappa shape index (κ2) is 5.76. The number of aromatic nitrogens is 5. The number of nitriles is 1. The Balaban J connectivity index is 2.19. The minimum Gasteiger partial charge on any atom is -0.443 e. The molecule has 2 aromatic heterocycles. The molecule has 0 spiro atoms. The largest absolute Gasteiger partial charge is 0.515 e. The first-order chi connectivity index (χ1) is 11.5. The Bertz CT molecular complexity index is 909. The quantitative estimate of drug-likeness (QED) is 0.631. The predicted molar refractivity (Wildman–Crippen MR) is 78.3 cm³/mol. The fourth-order valence-corrected chi connectivity index (χ4v) is 2.38. The highest BCUT2D eigenvalue weighted by molar-refractivity contribution is 5.65. The number of hydrogen-bond donors (Lipinski definition) is 1. The Morgan fingerprint density at radius 1 is 1.54 bits per heavy atom. The molecule has 0 fully saturated rings. The standard InChI is InChI=1S/C13H10N8O3/c1-7-11(20-18-13(17-19-20)21(22)23)10(8-3-2-4-16-6-8)9(5-14)12(15)24-7/h2-4,6,10H,15H2,1H3/t10-/m0/s1. The Morgan fingerprint density at radius 2 is 2.33 bits per heavy atom. The van der Waals surface area contributed by atoms with Crippen LogP contribution in [0.4, 0.5) is 5.95 Å². The zero-order valence-corrected chi connectivity index (χ0v) is 12.3. The zero-order chi connectivity index (χ0) is 17.3. The summed E-state index contributed by atoms with van der Waals surface area (Å²) in [5.74, 6) is -1.11. The molecule has 120 valence electrons. The molecule has 0 amide bonds. The number of pyridine rings is 1. The maximum atomic E-state index is 10.8. The van der Waals surface area contributed by atoms with Gasteiger partial charge < -0.3 is 20.6 Å². The molecular formula is C13H10N8O3. The van der Waals surface area contributed by atoms with Crippen molar-refractivity contribution in [1.82, 2.24) is 25.2 Å². The van der Waals surface area contributed by atoms with E-state index in [1.165, 1.54) is 0 Å². The van der Waals surface area contributed by atoms with Gasteiger partial charge in [-0.2, -0.15) is 5.26 Å². The van der Waals surface area contributed by atoms with E-state index >= 15 is 0 Å². The van der Waals surface area contributed by atoms with Gasteiger partial charge in [-0.05, 0) is 23.5 Å². The summed E-state index contributed by atoms with van der Waals surface area (Å²) < 4.78 is 5.37. The summed E-state index contributed by atoms with van der Waals surface area (Å²) in [5, 5.41) is 31.0. The van der Waals surface area contributed by atoms with Crippen LogP contribution in [-0.4, -0.2) is 30.1 Å². The molecule has 0 saturated heterocycles. The third kappa shape index (κ3) is 2.41. The van der Waals surface area contributed by atoms with Crippen molar-refractivity contribution in [2.45, 2.75) is 12.8 Å². The third-order valence-corrected chi connectivity index (χ3v) is 3.37. The number of rotatable bonds is 3. The van der Waals surface area contributed by atoms with Crippen LogP contribution in [0.1, 0.15) is 18.4 Å². The Hall–Kier alpha value is -3.81. The average molecular weight is 326 g/mol. The van der Waals surface area contributed by atoms with Crippen LogP contribution in [-0.2, 0) is 4.74 Å². The highest BCUT2D eigenvalue weighted by Crippen LogP contribution is 2.40. The van der Waals surface area contributed by atoms with Gasteiger partial charge in [0.2, 0.25) is 5.88 Å². The fraction of sp³-hybridized carbons (Fsp3) is 0.154. The van der Waals surface area contributed by atoms with Gasteiger partial charge in [0.05, 0.1) is 21.3 Å². The lowest BCUT2D eigenvalue weighted by Gasteiger charge is -2.25. The van der Waals surface area contributed by atoms with Crippen LogP contribution in [0.3, 0.4) is 0 Å². The molecule has 0 bridgehead atoms. The van der Waals surface area contributed by atoms with Crippen molar-refractivity contribution < 1.29 is 9.66 Å². The molecule has 1 atom stereocenters. The van der Waals surface area contributed by atoms with Crippen LogP contribution >= 0.6 is 0 Å². The van der Waals surface area contributed by atoms with Gasteiger partial charge in [-0.1, -0.05) is 10.9 Å². The first-order valence-corrected chi connectivity index (χ1v) is 6.66. The van der Waals surface area contributed by atoms with Crippen molar-refractivity contribution in [3.63, 3.8) is 0 Å². The number of tetrazole rings is 1. The molecule has 0 radical (unpaired) electrons. The highest BCUT2D eigenvalue weighted by Gasteiger charge is 2.36. The molecule has 24 heavy (non-hydrogen) atoms. The monoisotopic (exact) mass is 326 g/mol. The molecule has 11 nitrogen and oxygen atoms in total. The van der Waals surface area contributed by atoms with Crippen LogP contribution in [0.15, 0.2) is 41.7 Å². The molecule has 0 aromatic carbocycles. The Morgan fingerprint density at radius 3 is 2.92 bits per heavy atom. The molecule has 11 heteroatoms. The SMILES string of the molecule is CC1=C(n2nnc([N+](=O)[O-])n2)[C@@H](c2cccnc2)C(C#N)=C(N)O1. The van der Waals surface area contributed by atoms with Gasteiger partial charge >= 0.3 is 5.95 Å². The van der Waals surface area contributed by atoms with Gasteiger partial charge in [0, 0.05) is 12.4 Å². The molecule has 2 aromatic rings. The maximum Gasteiger partial charge on any atom is 0.515 e.